The van der Waals surface area contributed by atoms with Crippen molar-refractivity contribution in [2.75, 3.05) is 12.9 Å². The first-order chi connectivity index (χ1) is 15.6. The number of aliphatic imine (C=N–C) groups is 1. The molecule has 10 heteroatoms. The highest BCUT2D eigenvalue weighted by atomic mass is 35.5. The van der Waals surface area contributed by atoms with Crippen LogP contribution in [-0.4, -0.2) is 48.4 Å². The van der Waals surface area contributed by atoms with E-state index in [4.69, 9.17) is 21.3 Å². The van der Waals surface area contributed by atoms with Crippen LogP contribution in [-0.2, 0) is 10.1 Å². The molecule has 4 rings (SSSR count). The van der Waals surface area contributed by atoms with E-state index in [0.29, 0.717) is 23.0 Å². The Morgan fingerprint density at radius 2 is 2.06 bits per heavy atom. The lowest BCUT2D eigenvalue weighted by molar-refractivity contribution is 0.127. The Morgan fingerprint density at radius 3 is 2.67 bits per heavy atom. The van der Waals surface area contributed by atoms with E-state index in [0.717, 1.165) is 53.8 Å². The zero-order valence-corrected chi connectivity index (χ0v) is 21.0. The van der Waals surface area contributed by atoms with Gasteiger partial charge in [0.1, 0.15) is 11.5 Å². The average molecular weight is 495 g/mol. The van der Waals surface area contributed by atoms with E-state index in [2.05, 4.69) is 24.6 Å². The lowest BCUT2D eigenvalue weighted by Gasteiger charge is -2.48. The molecule has 0 radical (unpaired) electrons. The summed E-state index contributed by atoms with van der Waals surface area (Å²) in [6.07, 6.45) is 3.98. The zero-order chi connectivity index (χ0) is 24.0. The van der Waals surface area contributed by atoms with Gasteiger partial charge in [-0.15, -0.1) is 0 Å². The number of benzene rings is 1. The number of ether oxygens (including phenoxy) is 1. The van der Waals surface area contributed by atoms with Gasteiger partial charge in [0.2, 0.25) is 0 Å². The highest BCUT2D eigenvalue weighted by Gasteiger charge is 2.53. The summed E-state index contributed by atoms with van der Waals surface area (Å²) < 4.78 is 40.0. The Labute approximate surface area is 200 Å². The van der Waals surface area contributed by atoms with Crippen LogP contribution in [0.1, 0.15) is 58.4 Å². The molecule has 1 aliphatic carbocycles. The number of hydrogen-bond acceptors (Lipinski definition) is 7. The fraction of sp³-hybridized carbons (Fsp3) is 0.522. The molecule has 1 unspecified atom stereocenters. The third kappa shape index (κ3) is 4.27. The molecule has 1 atom stereocenters. The van der Waals surface area contributed by atoms with Gasteiger partial charge in [0, 0.05) is 28.6 Å². The van der Waals surface area contributed by atoms with Gasteiger partial charge < -0.3 is 4.74 Å². The molecule has 0 saturated carbocycles. The lowest BCUT2D eigenvalue weighted by Crippen LogP contribution is -2.70. The maximum atomic E-state index is 12.3. The summed E-state index contributed by atoms with van der Waals surface area (Å²) in [6, 6.07) is 5.51. The number of nitrogens with zero attached hydrogens (tertiary/aromatic N) is 2. The Morgan fingerprint density at radius 1 is 1.33 bits per heavy atom. The van der Waals surface area contributed by atoms with Crippen LogP contribution in [0.5, 0.6) is 5.75 Å². The van der Waals surface area contributed by atoms with Crippen molar-refractivity contribution in [3.8, 4) is 5.75 Å². The third-order valence-corrected chi connectivity index (χ3v) is 7.76. The van der Waals surface area contributed by atoms with E-state index in [1.165, 1.54) is 0 Å². The molecule has 2 aliphatic heterocycles. The van der Waals surface area contributed by atoms with E-state index in [9.17, 15) is 13.0 Å². The Balaban J connectivity index is 1.89. The van der Waals surface area contributed by atoms with Gasteiger partial charge in [-0.05, 0) is 62.8 Å². The molecule has 0 spiro atoms. The van der Waals surface area contributed by atoms with Crippen molar-refractivity contribution in [1.29, 1.82) is 0 Å². The van der Waals surface area contributed by atoms with Gasteiger partial charge in [-0.1, -0.05) is 25.4 Å². The van der Waals surface area contributed by atoms with Crippen molar-refractivity contribution in [1.82, 2.24) is 15.8 Å². The number of amidine groups is 1. The minimum atomic E-state index is -4.33. The first kappa shape index (κ1) is 24.1. The second kappa shape index (κ2) is 8.94. The lowest BCUT2D eigenvalue weighted by atomic mass is 9.93. The maximum Gasteiger partial charge on any atom is 0.268 e. The van der Waals surface area contributed by atoms with Gasteiger partial charge in [0.05, 0.1) is 12.1 Å². The van der Waals surface area contributed by atoms with Crippen molar-refractivity contribution in [3.05, 3.63) is 45.8 Å². The minimum absolute atomic E-state index is 0.0520. The van der Waals surface area contributed by atoms with Crippen molar-refractivity contribution >= 4 is 33.1 Å². The van der Waals surface area contributed by atoms with Gasteiger partial charge in [-0.25, -0.2) is 10.0 Å². The molecule has 0 aromatic heterocycles. The molecule has 1 aromatic carbocycles. The van der Waals surface area contributed by atoms with Crippen LogP contribution in [0, 0.1) is 0 Å². The summed E-state index contributed by atoms with van der Waals surface area (Å²) in [4.78, 5) is 4.98. The molecule has 0 amide bonds. The predicted octanol–water partition coefficient (Wildman–Crippen LogP) is 4.11. The monoisotopic (exact) mass is 494 g/mol. The van der Waals surface area contributed by atoms with Crippen molar-refractivity contribution in [2.24, 2.45) is 4.99 Å². The number of hydrazine groups is 1. The zero-order valence-electron chi connectivity index (χ0n) is 19.4. The van der Waals surface area contributed by atoms with Crippen LogP contribution in [0.2, 0.25) is 5.02 Å². The number of halogens is 1. The van der Waals surface area contributed by atoms with E-state index in [1.807, 2.05) is 19.1 Å². The molecule has 3 N–H and O–H groups in total. The number of methoxy groups -OCH3 is 1. The third-order valence-electron chi connectivity index (χ3n) is 6.67. The van der Waals surface area contributed by atoms with Gasteiger partial charge in [0.25, 0.3) is 10.1 Å². The van der Waals surface area contributed by atoms with E-state index in [1.54, 1.807) is 18.2 Å². The Kier molecular flexibility index (Phi) is 6.52. The fourth-order valence-electron chi connectivity index (χ4n) is 5.09. The first-order valence-corrected chi connectivity index (χ1v) is 13.3. The fourth-order valence-corrected chi connectivity index (χ4v) is 6.26. The highest BCUT2D eigenvalue weighted by Crippen LogP contribution is 2.46. The van der Waals surface area contributed by atoms with Crippen molar-refractivity contribution < 1.29 is 17.7 Å². The SMILES string of the molecule is CCC(CC)NC1(CS(=O)(=O)O)C2=C(CCC2)N=C2C(c3ccc(OC)cc3Cl)=C(C)NN21. The van der Waals surface area contributed by atoms with Crippen LogP contribution in [0.4, 0.5) is 0 Å². The summed E-state index contributed by atoms with van der Waals surface area (Å²) in [7, 11) is -2.75. The molecular weight excluding hydrogens is 464 g/mol. The largest absolute Gasteiger partial charge is 0.497 e. The summed E-state index contributed by atoms with van der Waals surface area (Å²) in [6.45, 7) is 6.04. The molecule has 1 aromatic rings. The van der Waals surface area contributed by atoms with E-state index in [-0.39, 0.29) is 6.04 Å². The minimum Gasteiger partial charge on any atom is -0.497 e. The van der Waals surface area contributed by atoms with Gasteiger partial charge in [0.15, 0.2) is 11.5 Å². The second-order valence-electron chi connectivity index (χ2n) is 8.75. The van der Waals surface area contributed by atoms with Crippen molar-refractivity contribution in [2.45, 2.75) is 64.6 Å². The van der Waals surface area contributed by atoms with E-state index < -0.39 is 21.5 Å². The summed E-state index contributed by atoms with van der Waals surface area (Å²) in [5.41, 5.74) is 6.36. The number of fused-ring (bicyclic) bond motifs is 1. The molecule has 0 bridgehead atoms. The molecule has 180 valence electrons. The first-order valence-electron chi connectivity index (χ1n) is 11.3. The smallest absolute Gasteiger partial charge is 0.268 e. The number of hydrogen-bond donors (Lipinski definition) is 3. The molecular formula is C23H31ClN4O4S. The summed E-state index contributed by atoms with van der Waals surface area (Å²) in [5, 5.41) is 5.89. The normalized spacial score (nSPS) is 22.5. The Bertz CT molecular complexity index is 1160. The topological polar surface area (TPSA) is 103 Å². The molecule has 33 heavy (non-hydrogen) atoms. The van der Waals surface area contributed by atoms with Crippen molar-refractivity contribution in [3.63, 3.8) is 0 Å². The predicted molar refractivity (Wildman–Crippen MR) is 131 cm³/mol. The highest BCUT2D eigenvalue weighted by molar-refractivity contribution is 7.85. The van der Waals surface area contributed by atoms with E-state index >= 15 is 0 Å². The van der Waals surface area contributed by atoms with Gasteiger partial charge >= 0.3 is 0 Å². The van der Waals surface area contributed by atoms with Crippen LogP contribution in [0.25, 0.3) is 5.57 Å². The summed E-state index contributed by atoms with van der Waals surface area (Å²) in [5.74, 6) is 0.757. The Hall–Kier alpha value is -2.07. The number of nitrogens with one attached hydrogen (secondary N) is 2. The number of rotatable bonds is 8. The quantitative estimate of drug-likeness (QED) is 0.467. The van der Waals surface area contributed by atoms with Crippen LogP contribution in [0.3, 0.4) is 0 Å². The summed E-state index contributed by atoms with van der Waals surface area (Å²) >= 11 is 6.62. The van der Waals surface area contributed by atoms with Crippen LogP contribution >= 0.6 is 11.6 Å². The number of allylic oxidation sites excluding steroid dienone is 2. The maximum absolute atomic E-state index is 12.3. The average Bonchev–Trinajstić information content (AvgIpc) is 3.36. The standard InChI is InChI=1S/C23H31ClN4O4S/c1-5-15(6-2)26-23(13-33(29,30)31)18-8-7-9-20(18)25-22-21(14(3)27-28(22)23)17-11-10-16(32-4)12-19(17)24/h10-12,15,26-27H,5-9,13H2,1-4H3,(H,29,30,31). The van der Waals surface area contributed by atoms with Crippen LogP contribution < -0.4 is 15.5 Å². The molecule has 3 aliphatic rings. The van der Waals surface area contributed by atoms with Gasteiger partial charge in [-0.2, -0.15) is 8.42 Å². The van der Waals surface area contributed by atoms with Gasteiger partial charge in [-0.3, -0.25) is 15.3 Å². The molecule has 0 saturated heterocycles. The molecule has 8 nitrogen and oxygen atoms in total. The molecule has 0 fully saturated rings. The van der Waals surface area contributed by atoms with Crippen LogP contribution in [0.15, 0.2) is 40.2 Å². The second-order valence-corrected chi connectivity index (χ2v) is 10.6. The molecule has 2 heterocycles.